The lowest BCUT2D eigenvalue weighted by Gasteiger charge is -2.43. The number of nitrogens with one attached hydrogen (secondary N) is 2. The van der Waals surface area contributed by atoms with Crippen LogP contribution < -0.4 is 20.9 Å². The number of pyridine rings is 2. The van der Waals surface area contributed by atoms with Crippen molar-refractivity contribution in [3.8, 4) is 11.6 Å². The number of ether oxygens (including phenoxy) is 1. The van der Waals surface area contributed by atoms with Gasteiger partial charge in [-0.05, 0) is 73.4 Å². The molecule has 0 bridgehead atoms. The number of carbonyl (C=O) groups is 2. The van der Waals surface area contributed by atoms with Gasteiger partial charge in [-0.2, -0.15) is 0 Å². The van der Waals surface area contributed by atoms with Crippen molar-refractivity contribution >= 4 is 29.1 Å². The number of aromatic nitrogens is 2. The summed E-state index contributed by atoms with van der Waals surface area (Å²) in [5.74, 6) is 0.399. The van der Waals surface area contributed by atoms with Crippen LogP contribution in [0.1, 0.15) is 45.7 Å². The Morgan fingerprint density at radius 2 is 1.68 bits per heavy atom. The SMILES string of the molecule is Cn1c(C(=O)NC2(c3ccc(NC(=O)c4ccc(Oc5ccc(Cl)cn5)cc4)cc3)CCC2)cccc1=O. The molecule has 38 heavy (non-hydrogen) atoms. The molecule has 9 heteroatoms. The maximum Gasteiger partial charge on any atom is 0.268 e. The average molecular weight is 529 g/mol. The lowest BCUT2D eigenvalue weighted by molar-refractivity contribution is 0.0813. The van der Waals surface area contributed by atoms with Gasteiger partial charge < -0.3 is 19.9 Å². The molecule has 2 amide bonds. The third-order valence-corrected chi connectivity index (χ3v) is 6.94. The van der Waals surface area contributed by atoms with Gasteiger partial charge in [0.15, 0.2) is 0 Å². The number of carbonyl (C=O) groups excluding carboxylic acids is 2. The molecule has 0 saturated heterocycles. The standard InChI is InChI=1S/C29H25ClN4O4/c1-34-24(4-2-5-26(34)35)28(37)33-29(16-3-17-29)20-8-11-22(12-9-20)32-27(36)19-6-13-23(14-7-19)38-25-15-10-21(30)18-31-25/h2,4-15,18H,3,16-17H2,1H3,(H,32,36)(H,33,37). The molecule has 1 saturated carbocycles. The second-order valence-electron chi connectivity index (χ2n) is 9.17. The largest absolute Gasteiger partial charge is 0.439 e. The molecule has 0 radical (unpaired) electrons. The number of anilines is 1. The summed E-state index contributed by atoms with van der Waals surface area (Å²) in [7, 11) is 1.58. The summed E-state index contributed by atoms with van der Waals surface area (Å²) in [5.41, 5.74) is 1.64. The van der Waals surface area contributed by atoms with Gasteiger partial charge in [0.2, 0.25) is 5.88 Å². The van der Waals surface area contributed by atoms with Crippen molar-refractivity contribution in [3.63, 3.8) is 0 Å². The molecule has 4 aromatic rings. The van der Waals surface area contributed by atoms with E-state index < -0.39 is 5.54 Å². The molecular weight excluding hydrogens is 504 g/mol. The van der Waals surface area contributed by atoms with Crippen LogP contribution in [0.25, 0.3) is 0 Å². The zero-order valence-corrected chi connectivity index (χ0v) is 21.4. The number of halogens is 1. The highest BCUT2D eigenvalue weighted by molar-refractivity contribution is 6.30. The fraction of sp³-hybridized carbons (Fsp3) is 0.172. The first-order valence-electron chi connectivity index (χ1n) is 12.1. The zero-order valence-electron chi connectivity index (χ0n) is 20.6. The fourth-order valence-corrected chi connectivity index (χ4v) is 4.49. The number of benzene rings is 2. The smallest absolute Gasteiger partial charge is 0.268 e. The molecule has 2 aromatic heterocycles. The maximum absolute atomic E-state index is 13.0. The summed E-state index contributed by atoms with van der Waals surface area (Å²) in [5, 5.41) is 6.55. The monoisotopic (exact) mass is 528 g/mol. The van der Waals surface area contributed by atoms with E-state index in [9.17, 15) is 14.4 Å². The minimum Gasteiger partial charge on any atom is -0.439 e. The summed E-state index contributed by atoms with van der Waals surface area (Å²) in [6.45, 7) is 0. The highest BCUT2D eigenvalue weighted by Crippen LogP contribution is 2.41. The Morgan fingerprint density at radius 1 is 0.947 bits per heavy atom. The molecule has 5 rings (SSSR count). The predicted molar refractivity (Wildman–Crippen MR) is 145 cm³/mol. The van der Waals surface area contributed by atoms with Gasteiger partial charge in [0, 0.05) is 36.6 Å². The third kappa shape index (κ3) is 5.31. The highest BCUT2D eigenvalue weighted by Gasteiger charge is 2.40. The maximum atomic E-state index is 13.0. The van der Waals surface area contributed by atoms with Gasteiger partial charge >= 0.3 is 0 Å². The molecular formula is C29H25ClN4O4. The second kappa shape index (κ2) is 10.5. The Balaban J connectivity index is 1.23. The van der Waals surface area contributed by atoms with Crippen LogP contribution in [-0.2, 0) is 12.6 Å². The quantitative estimate of drug-likeness (QED) is 0.339. The first-order chi connectivity index (χ1) is 18.3. The van der Waals surface area contributed by atoms with Crippen LogP contribution in [0.3, 0.4) is 0 Å². The predicted octanol–water partition coefficient (Wildman–Crippen LogP) is 5.29. The topological polar surface area (TPSA) is 102 Å². The van der Waals surface area contributed by atoms with Gasteiger partial charge in [0.1, 0.15) is 11.4 Å². The van der Waals surface area contributed by atoms with Gasteiger partial charge in [0.05, 0.1) is 10.6 Å². The molecule has 0 atom stereocenters. The molecule has 192 valence electrons. The van der Waals surface area contributed by atoms with E-state index in [2.05, 4.69) is 15.6 Å². The molecule has 1 aliphatic carbocycles. The normalized spacial score (nSPS) is 13.7. The van der Waals surface area contributed by atoms with Gasteiger partial charge in [0.25, 0.3) is 17.4 Å². The third-order valence-electron chi connectivity index (χ3n) is 6.71. The minimum atomic E-state index is -0.500. The van der Waals surface area contributed by atoms with E-state index >= 15 is 0 Å². The van der Waals surface area contributed by atoms with Gasteiger partial charge in [-0.25, -0.2) is 4.98 Å². The van der Waals surface area contributed by atoms with Crippen molar-refractivity contribution < 1.29 is 14.3 Å². The van der Waals surface area contributed by atoms with Crippen LogP contribution in [0.15, 0.2) is 89.9 Å². The van der Waals surface area contributed by atoms with Crippen LogP contribution in [0, 0.1) is 0 Å². The van der Waals surface area contributed by atoms with Crippen LogP contribution in [-0.4, -0.2) is 21.4 Å². The number of rotatable bonds is 7. The highest BCUT2D eigenvalue weighted by atomic mass is 35.5. The summed E-state index contributed by atoms with van der Waals surface area (Å²) in [4.78, 5) is 41.7. The Hall–Kier alpha value is -4.43. The second-order valence-corrected chi connectivity index (χ2v) is 9.61. The molecule has 2 N–H and O–H groups in total. The fourth-order valence-electron chi connectivity index (χ4n) is 4.38. The Morgan fingerprint density at radius 3 is 2.32 bits per heavy atom. The number of amides is 2. The summed E-state index contributed by atoms with van der Waals surface area (Å²) in [6, 6.07) is 22.2. The molecule has 2 aromatic carbocycles. The minimum absolute atomic E-state index is 0.235. The Labute approximate surface area is 224 Å². The van der Waals surface area contributed by atoms with Crippen LogP contribution >= 0.6 is 11.6 Å². The lowest BCUT2D eigenvalue weighted by atomic mass is 9.71. The van der Waals surface area contributed by atoms with E-state index in [1.54, 1.807) is 55.6 Å². The molecule has 0 spiro atoms. The van der Waals surface area contributed by atoms with Crippen molar-refractivity contribution in [1.82, 2.24) is 14.9 Å². The van der Waals surface area contributed by atoms with Gasteiger partial charge in [-0.3, -0.25) is 14.4 Å². The lowest BCUT2D eigenvalue weighted by Crippen LogP contribution is -2.51. The Bertz CT molecular complexity index is 1530. The van der Waals surface area contributed by atoms with E-state index in [1.165, 1.54) is 16.8 Å². The van der Waals surface area contributed by atoms with Crippen molar-refractivity contribution in [1.29, 1.82) is 0 Å². The van der Waals surface area contributed by atoms with Crippen LogP contribution in [0.4, 0.5) is 5.69 Å². The Kier molecular flexibility index (Phi) is 6.98. The first-order valence-corrected chi connectivity index (χ1v) is 12.5. The van der Waals surface area contributed by atoms with E-state index in [1.807, 2.05) is 24.3 Å². The van der Waals surface area contributed by atoms with E-state index in [0.29, 0.717) is 33.6 Å². The number of hydrogen-bond donors (Lipinski definition) is 2. The number of nitrogens with zero attached hydrogens (tertiary/aromatic N) is 2. The zero-order chi connectivity index (χ0) is 26.7. The van der Waals surface area contributed by atoms with Crippen molar-refractivity contribution in [2.24, 2.45) is 7.05 Å². The average Bonchev–Trinajstić information content (AvgIpc) is 2.90. The molecule has 8 nitrogen and oxygen atoms in total. The van der Waals surface area contributed by atoms with Crippen LogP contribution in [0.2, 0.25) is 5.02 Å². The molecule has 0 unspecified atom stereocenters. The van der Waals surface area contributed by atoms with Crippen molar-refractivity contribution in [3.05, 3.63) is 117 Å². The summed E-state index contributed by atoms with van der Waals surface area (Å²) < 4.78 is 7.01. The molecule has 0 aliphatic heterocycles. The van der Waals surface area contributed by atoms with E-state index in [-0.39, 0.29) is 17.4 Å². The molecule has 2 heterocycles. The molecule has 1 aliphatic rings. The van der Waals surface area contributed by atoms with Gasteiger partial charge in [-0.1, -0.05) is 29.8 Å². The van der Waals surface area contributed by atoms with Crippen molar-refractivity contribution in [2.75, 3.05) is 5.32 Å². The molecule has 1 fully saturated rings. The van der Waals surface area contributed by atoms with Crippen LogP contribution in [0.5, 0.6) is 11.6 Å². The van der Waals surface area contributed by atoms with E-state index in [4.69, 9.17) is 16.3 Å². The summed E-state index contributed by atoms with van der Waals surface area (Å²) >= 11 is 5.84. The van der Waals surface area contributed by atoms with Crippen molar-refractivity contribution in [2.45, 2.75) is 24.8 Å². The number of hydrogen-bond acceptors (Lipinski definition) is 5. The van der Waals surface area contributed by atoms with Gasteiger partial charge in [-0.15, -0.1) is 0 Å². The first kappa shape index (κ1) is 25.2. The summed E-state index contributed by atoms with van der Waals surface area (Å²) in [6.07, 6.45) is 4.08. The van der Waals surface area contributed by atoms with E-state index in [0.717, 1.165) is 24.8 Å².